The molecule has 1 heterocycles. The van der Waals surface area contributed by atoms with Crippen molar-refractivity contribution in [3.63, 3.8) is 0 Å². The minimum Gasteiger partial charge on any atom is -0.490 e. The summed E-state index contributed by atoms with van der Waals surface area (Å²) >= 11 is 0. The SMILES string of the molecule is C[C@H]1C[C@@H](N)CCN1S(=O)(=O)c1ccc(OC2CCCC2)cc1. The number of piperidine rings is 1. The van der Waals surface area contributed by atoms with Gasteiger partial charge in [-0.2, -0.15) is 4.31 Å². The van der Waals surface area contributed by atoms with E-state index in [0.29, 0.717) is 24.3 Å². The number of hydrogen-bond donors (Lipinski definition) is 1. The molecule has 0 bridgehead atoms. The van der Waals surface area contributed by atoms with E-state index in [4.69, 9.17) is 10.5 Å². The zero-order valence-corrected chi connectivity index (χ0v) is 14.5. The van der Waals surface area contributed by atoms with Gasteiger partial charge in [0, 0.05) is 18.6 Å². The van der Waals surface area contributed by atoms with E-state index in [1.165, 1.54) is 12.8 Å². The lowest BCUT2D eigenvalue weighted by Crippen LogP contribution is -2.48. The summed E-state index contributed by atoms with van der Waals surface area (Å²) in [7, 11) is -3.46. The molecule has 6 heteroatoms. The molecule has 0 spiro atoms. The molecule has 1 saturated heterocycles. The Labute approximate surface area is 138 Å². The summed E-state index contributed by atoms with van der Waals surface area (Å²) in [5, 5.41) is 0. The van der Waals surface area contributed by atoms with Crippen molar-refractivity contribution in [3.05, 3.63) is 24.3 Å². The molecule has 23 heavy (non-hydrogen) atoms. The first kappa shape index (κ1) is 16.7. The first-order valence-electron chi connectivity index (χ1n) is 8.51. The Hall–Kier alpha value is -1.11. The van der Waals surface area contributed by atoms with Gasteiger partial charge in [-0.1, -0.05) is 0 Å². The molecule has 1 aliphatic heterocycles. The van der Waals surface area contributed by atoms with E-state index in [1.807, 2.05) is 6.92 Å². The molecule has 0 amide bonds. The molecule has 2 fully saturated rings. The second kappa shape index (κ2) is 6.79. The minimum atomic E-state index is -3.46. The number of ether oxygens (including phenoxy) is 1. The van der Waals surface area contributed by atoms with E-state index in [0.717, 1.165) is 18.6 Å². The standard InChI is InChI=1S/C17H26N2O3S/c1-13-12-14(18)10-11-19(13)23(20,21)17-8-6-16(7-9-17)22-15-4-2-3-5-15/h6-9,13-15H,2-5,10-12,18H2,1H3/t13-,14-/m0/s1. The molecule has 1 aromatic carbocycles. The molecule has 1 aliphatic carbocycles. The lowest BCUT2D eigenvalue weighted by Gasteiger charge is -2.35. The Balaban J connectivity index is 1.72. The third kappa shape index (κ3) is 3.70. The highest BCUT2D eigenvalue weighted by Crippen LogP contribution is 2.28. The first-order chi connectivity index (χ1) is 11.0. The van der Waals surface area contributed by atoms with Crippen molar-refractivity contribution < 1.29 is 13.2 Å². The highest BCUT2D eigenvalue weighted by atomic mass is 32.2. The molecule has 128 valence electrons. The summed E-state index contributed by atoms with van der Waals surface area (Å²) in [6.45, 7) is 2.42. The van der Waals surface area contributed by atoms with Crippen molar-refractivity contribution in [1.82, 2.24) is 4.31 Å². The van der Waals surface area contributed by atoms with E-state index >= 15 is 0 Å². The largest absolute Gasteiger partial charge is 0.490 e. The fourth-order valence-electron chi connectivity index (χ4n) is 3.57. The summed E-state index contributed by atoms with van der Waals surface area (Å²) < 4.78 is 33.1. The zero-order chi connectivity index (χ0) is 16.4. The van der Waals surface area contributed by atoms with Crippen molar-refractivity contribution in [2.45, 2.75) is 68.5 Å². The summed E-state index contributed by atoms with van der Waals surface area (Å²) in [4.78, 5) is 0.332. The molecule has 3 rings (SSSR count). The van der Waals surface area contributed by atoms with Gasteiger partial charge >= 0.3 is 0 Å². The monoisotopic (exact) mass is 338 g/mol. The topological polar surface area (TPSA) is 72.6 Å². The minimum absolute atomic E-state index is 0.0573. The maximum absolute atomic E-state index is 12.8. The Morgan fingerprint density at radius 3 is 2.39 bits per heavy atom. The van der Waals surface area contributed by atoms with E-state index < -0.39 is 10.0 Å². The summed E-state index contributed by atoms with van der Waals surface area (Å²) in [6.07, 6.45) is 6.31. The quantitative estimate of drug-likeness (QED) is 0.915. The van der Waals surface area contributed by atoms with Crippen LogP contribution in [0.5, 0.6) is 5.75 Å². The molecular formula is C17H26N2O3S. The second-order valence-electron chi connectivity index (χ2n) is 6.74. The van der Waals surface area contributed by atoms with Crippen LogP contribution in [0.3, 0.4) is 0 Å². The van der Waals surface area contributed by atoms with Crippen LogP contribution in [0.25, 0.3) is 0 Å². The molecule has 5 nitrogen and oxygen atoms in total. The summed E-state index contributed by atoms with van der Waals surface area (Å²) in [6, 6.07) is 6.88. The lowest BCUT2D eigenvalue weighted by atomic mass is 10.0. The molecular weight excluding hydrogens is 312 g/mol. The number of nitrogens with two attached hydrogens (primary N) is 1. The zero-order valence-electron chi connectivity index (χ0n) is 13.6. The predicted octanol–water partition coefficient (Wildman–Crippen LogP) is 2.51. The Bertz CT molecular complexity index is 624. The predicted molar refractivity (Wildman–Crippen MR) is 89.9 cm³/mol. The summed E-state index contributed by atoms with van der Waals surface area (Å²) in [5.74, 6) is 0.754. The van der Waals surface area contributed by atoms with Gasteiger partial charge in [0.05, 0.1) is 11.0 Å². The van der Waals surface area contributed by atoms with Crippen LogP contribution in [0.15, 0.2) is 29.2 Å². The Morgan fingerprint density at radius 2 is 1.78 bits per heavy atom. The number of rotatable bonds is 4. The molecule has 2 atom stereocenters. The number of sulfonamides is 1. The fraction of sp³-hybridized carbons (Fsp3) is 0.647. The molecule has 0 radical (unpaired) electrons. The van der Waals surface area contributed by atoms with Crippen LogP contribution in [-0.2, 0) is 10.0 Å². The third-order valence-corrected chi connectivity index (χ3v) is 6.92. The first-order valence-corrected chi connectivity index (χ1v) is 9.95. The number of hydrogen-bond acceptors (Lipinski definition) is 4. The van der Waals surface area contributed by atoms with E-state index in [-0.39, 0.29) is 18.2 Å². The highest BCUT2D eigenvalue weighted by Gasteiger charge is 2.33. The van der Waals surface area contributed by atoms with Gasteiger partial charge in [0.15, 0.2) is 0 Å². The second-order valence-corrected chi connectivity index (χ2v) is 8.64. The van der Waals surface area contributed by atoms with Crippen LogP contribution in [-0.4, -0.2) is 37.5 Å². The van der Waals surface area contributed by atoms with Crippen molar-refractivity contribution in [3.8, 4) is 5.75 Å². The molecule has 2 aliphatic rings. The molecule has 2 N–H and O–H groups in total. The van der Waals surface area contributed by atoms with Crippen molar-refractivity contribution in [2.24, 2.45) is 5.73 Å². The molecule has 1 saturated carbocycles. The van der Waals surface area contributed by atoms with Gasteiger partial charge in [0.25, 0.3) is 0 Å². The third-order valence-electron chi connectivity index (χ3n) is 4.89. The van der Waals surface area contributed by atoms with E-state index in [1.54, 1.807) is 28.6 Å². The van der Waals surface area contributed by atoms with Crippen LogP contribution >= 0.6 is 0 Å². The normalized spacial score (nSPS) is 27.2. The van der Waals surface area contributed by atoms with Gasteiger partial charge in [-0.05, 0) is 69.7 Å². The van der Waals surface area contributed by atoms with Crippen LogP contribution < -0.4 is 10.5 Å². The van der Waals surface area contributed by atoms with Crippen LogP contribution in [0.2, 0.25) is 0 Å². The fourth-order valence-corrected chi connectivity index (χ4v) is 5.22. The average molecular weight is 338 g/mol. The maximum Gasteiger partial charge on any atom is 0.243 e. The van der Waals surface area contributed by atoms with Gasteiger partial charge in [-0.25, -0.2) is 8.42 Å². The Morgan fingerprint density at radius 1 is 1.13 bits per heavy atom. The van der Waals surface area contributed by atoms with Gasteiger partial charge < -0.3 is 10.5 Å². The van der Waals surface area contributed by atoms with Gasteiger partial charge in [0.2, 0.25) is 10.0 Å². The van der Waals surface area contributed by atoms with Crippen LogP contribution in [0.1, 0.15) is 45.4 Å². The van der Waals surface area contributed by atoms with Gasteiger partial charge in [-0.15, -0.1) is 0 Å². The molecule has 1 aromatic rings. The lowest BCUT2D eigenvalue weighted by molar-refractivity contribution is 0.210. The Kier molecular flexibility index (Phi) is 4.94. The van der Waals surface area contributed by atoms with Crippen molar-refractivity contribution in [1.29, 1.82) is 0 Å². The van der Waals surface area contributed by atoms with E-state index in [2.05, 4.69) is 0 Å². The van der Waals surface area contributed by atoms with Crippen molar-refractivity contribution in [2.75, 3.05) is 6.54 Å². The number of nitrogens with zero attached hydrogens (tertiary/aromatic N) is 1. The van der Waals surface area contributed by atoms with E-state index in [9.17, 15) is 8.42 Å². The molecule has 0 unspecified atom stereocenters. The number of benzene rings is 1. The van der Waals surface area contributed by atoms with Gasteiger partial charge in [0.1, 0.15) is 5.75 Å². The maximum atomic E-state index is 12.8. The van der Waals surface area contributed by atoms with Crippen LogP contribution in [0.4, 0.5) is 0 Å². The average Bonchev–Trinajstić information content (AvgIpc) is 3.00. The highest BCUT2D eigenvalue weighted by molar-refractivity contribution is 7.89. The van der Waals surface area contributed by atoms with Crippen molar-refractivity contribution >= 4 is 10.0 Å². The van der Waals surface area contributed by atoms with Gasteiger partial charge in [-0.3, -0.25) is 0 Å². The smallest absolute Gasteiger partial charge is 0.243 e. The summed E-state index contributed by atoms with van der Waals surface area (Å²) in [5.41, 5.74) is 5.93. The molecule has 0 aromatic heterocycles. The van der Waals surface area contributed by atoms with Crippen LogP contribution in [0, 0.1) is 0 Å².